The SMILES string of the molecule is C=CC(=O)Nc1ccc(C(=O)N2CCN(S(=O)(=O)c3cc(C)sc3C)CC2)cc1. The first-order chi connectivity index (χ1) is 13.7. The number of amides is 2. The maximum atomic E-state index is 12.9. The largest absolute Gasteiger partial charge is 0.336 e. The minimum atomic E-state index is -3.55. The number of thiophene rings is 1. The number of anilines is 1. The normalized spacial score (nSPS) is 15.2. The molecule has 29 heavy (non-hydrogen) atoms. The van der Waals surface area contributed by atoms with E-state index in [1.165, 1.54) is 21.7 Å². The second-order valence-corrected chi connectivity index (χ2v) is 10.1. The first kappa shape index (κ1) is 21.2. The maximum Gasteiger partial charge on any atom is 0.253 e. The van der Waals surface area contributed by atoms with Crippen LogP contribution >= 0.6 is 11.3 Å². The summed E-state index contributed by atoms with van der Waals surface area (Å²) >= 11 is 1.47. The Morgan fingerprint density at radius 2 is 1.72 bits per heavy atom. The second-order valence-electron chi connectivity index (χ2n) is 6.74. The van der Waals surface area contributed by atoms with Crippen LogP contribution in [0.1, 0.15) is 20.1 Å². The molecule has 0 atom stereocenters. The summed E-state index contributed by atoms with van der Waals surface area (Å²) in [5, 5.41) is 2.63. The molecule has 0 unspecified atom stereocenters. The first-order valence-corrected chi connectivity index (χ1v) is 11.4. The molecule has 2 aromatic rings. The van der Waals surface area contributed by atoms with Gasteiger partial charge < -0.3 is 10.2 Å². The molecule has 7 nitrogen and oxygen atoms in total. The Hall–Kier alpha value is -2.49. The fraction of sp³-hybridized carbons (Fsp3) is 0.300. The van der Waals surface area contributed by atoms with Crippen molar-refractivity contribution in [3.63, 3.8) is 0 Å². The van der Waals surface area contributed by atoms with Gasteiger partial charge in [-0.25, -0.2) is 8.42 Å². The van der Waals surface area contributed by atoms with Crippen LogP contribution in [-0.4, -0.2) is 55.6 Å². The number of hydrogen-bond donors (Lipinski definition) is 1. The van der Waals surface area contributed by atoms with E-state index in [0.717, 1.165) is 9.75 Å². The third kappa shape index (κ3) is 4.58. The van der Waals surface area contributed by atoms with Crippen LogP contribution in [0.5, 0.6) is 0 Å². The van der Waals surface area contributed by atoms with Crippen LogP contribution in [0, 0.1) is 13.8 Å². The predicted molar refractivity (Wildman–Crippen MR) is 114 cm³/mol. The smallest absolute Gasteiger partial charge is 0.253 e. The highest BCUT2D eigenvalue weighted by molar-refractivity contribution is 7.89. The van der Waals surface area contributed by atoms with E-state index in [2.05, 4.69) is 11.9 Å². The number of benzene rings is 1. The van der Waals surface area contributed by atoms with Gasteiger partial charge in [-0.1, -0.05) is 6.58 Å². The molecule has 1 N–H and O–H groups in total. The Morgan fingerprint density at radius 3 is 2.24 bits per heavy atom. The molecule has 2 amide bonds. The zero-order chi connectivity index (χ0) is 21.2. The molecule has 1 fully saturated rings. The van der Waals surface area contributed by atoms with E-state index in [9.17, 15) is 18.0 Å². The van der Waals surface area contributed by atoms with E-state index in [1.807, 2.05) is 13.8 Å². The summed E-state index contributed by atoms with van der Waals surface area (Å²) in [4.78, 5) is 27.8. The zero-order valence-electron chi connectivity index (χ0n) is 16.3. The van der Waals surface area contributed by atoms with Crippen molar-refractivity contribution in [2.24, 2.45) is 0 Å². The summed E-state index contributed by atoms with van der Waals surface area (Å²) in [6.45, 7) is 8.27. The predicted octanol–water partition coefficient (Wildman–Crippen LogP) is 2.64. The lowest BCUT2D eigenvalue weighted by molar-refractivity contribution is -0.111. The van der Waals surface area contributed by atoms with Crippen molar-refractivity contribution in [1.29, 1.82) is 0 Å². The molecule has 1 aliphatic rings. The van der Waals surface area contributed by atoms with Crippen molar-refractivity contribution < 1.29 is 18.0 Å². The van der Waals surface area contributed by atoms with Crippen LogP contribution in [0.2, 0.25) is 0 Å². The molecule has 1 aliphatic heterocycles. The van der Waals surface area contributed by atoms with Crippen LogP contribution in [0.15, 0.2) is 47.9 Å². The van der Waals surface area contributed by atoms with Crippen molar-refractivity contribution in [2.75, 3.05) is 31.5 Å². The molecule has 2 heterocycles. The average Bonchev–Trinajstić information content (AvgIpc) is 3.07. The third-order valence-electron chi connectivity index (χ3n) is 4.72. The van der Waals surface area contributed by atoms with Gasteiger partial charge in [-0.15, -0.1) is 11.3 Å². The molecule has 154 valence electrons. The molecule has 1 saturated heterocycles. The summed E-state index contributed by atoms with van der Waals surface area (Å²) < 4.78 is 27.3. The molecule has 9 heteroatoms. The van der Waals surface area contributed by atoms with E-state index in [1.54, 1.807) is 35.2 Å². The summed E-state index contributed by atoms with van der Waals surface area (Å²) in [7, 11) is -3.55. The number of sulfonamides is 1. The van der Waals surface area contributed by atoms with Crippen molar-refractivity contribution in [3.8, 4) is 0 Å². The van der Waals surface area contributed by atoms with Crippen molar-refractivity contribution in [2.45, 2.75) is 18.7 Å². The summed E-state index contributed by atoms with van der Waals surface area (Å²) in [6.07, 6.45) is 1.17. The van der Waals surface area contributed by atoms with Crippen LogP contribution in [0.3, 0.4) is 0 Å². The van der Waals surface area contributed by atoms with E-state index in [4.69, 9.17) is 0 Å². The molecule has 1 aromatic carbocycles. The van der Waals surface area contributed by atoms with Gasteiger partial charge in [-0.3, -0.25) is 9.59 Å². The highest BCUT2D eigenvalue weighted by Gasteiger charge is 2.32. The van der Waals surface area contributed by atoms with Crippen LogP contribution < -0.4 is 5.32 Å². The molecule has 0 spiro atoms. The van der Waals surface area contributed by atoms with E-state index < -0.39 is 10.0 Å². The highest BCUT2D eigenvalue weighted by atomic mass is 32.2. The van der Waals surface area contributed by atoms with Gasteiger partial charge in [-0.05, 0) is 50.3 Å². The summed E-state index contributed by atoms with van der Waals surface area (Å²) in [5.74, 6) is -0.483. The van der Waals surface area contributed by atoms with Gasteiger partial charge in [0.25, 0.3) is 5.91 Å². The lowest BCUT2D eigenvalue weighted by Gasteiger charge is -2.34. The van der Waals surface area contributed by atoms with Crippen LogP contribution in [0.4, 0.5) is 5.69 Å². The topological polar surface area (TPSA) is 86.8 Å². The van der Waals surface area contributed by atoms with Crippen LogP contribution in [0.25, 0.3) is 0 Å². The standard InChI is InChI=1S/C20H23N3O4S2/c1-4-19(24)21-17-7-5-16(6-8-17)20(25)22-9-11-23(12-10-22)29(26,27)18-13-14(2)28-15(18)3/h4-8,13H,1,9-12H2,2-3H3,(H,21,24). The van der Waals surface area contributed by atoms with Gasteiger partial charge >= 0.3 is 0 Å². The quantitative estimate of drug-likeness (QED) is 0.735. The van der Waals surface area contributed by atoms with E-state index in [0.29, 0.717) is 29.2 Å². The third-order valence-corrected chi connectivity index (χ3v) is 7.84. The minimum Gasteiger partial charge on any atom is -0.336 e. The fourth-order valence-corrected chi connectivity index (χ4v) is 6.15. The van der Waals surface area contributed by atoms with Gasteiger partial charge in [-0.2, -0.15) is 4.31 Å². The summed E-state index contributed by atoms with van der Waals surface area (Å²) in [6, 6.07) is 8.29. The Morgan fingerprint density at radius 1 is 1.10 bits per heavy atom. The number of aryl methyl sites for hydroxylation is 2. The minimum absolute atomic E-state index is 0.161. The first-order valence-electron chi connectivity index (χ1n) is 9.12. The molecule has 1 aromatic heterocycles. The van der Waals surface area contributed by atoms with Gasteiger partial charge in [0, 0.05) is 47.2 Å². The number of piperazine rings is 1. The maximum absolute atomic E-state index is 12.9. The van der Waals surface area contributed by atoms with Crippen LogP contribution in [-0.2, 0) is 14.8 Å². The van der Waals surface area contributed by atoms with Gasteiger partial charge in [0.15, 0.2) is 0 Å². The lowest BCUT2D eigenvalue weighted by Crippen LogP contribution is -2.50. The number of rotatable bonds is 5. The zero-order valence-corrected chi connectivity index (χ0v) is 18.0. The highest BCUT2D eigenvalue weighted by Crippen LogP contribution is 2.28. The number of carbonyl (C=O) groups excluding carboxylic acids is 2. The Bertz CT molecular complexity index is 1030. The molecule has 0 radical (unpaired) electrons. The van der Waals surface area contributed by atoms with E-state index in [-0.39, 0.29) is 24.9 Å². The fourth-order valence-electron chi connectivity index (χ4n) is 3.21. The van der Waals surface area contributed by atoms with E-state index >= 15 is 0 Å². The molecular formula is C20H23N3O4S2. The Labute approximate surface area is 174 Å². The molecular weight excluding hydrogens is 410 g/mol. The number of nitrogens with one attached hydrogen (secondary N) is 1. The Kier molecular flexibility index (Phi) is 6.21. The average molecular weight is 434 g/mol. The molecule has 0 aliphatic carbocycles. The van der Waals surface area contributed by atoms with Crippen molar-refractivity contribution >= 4 is 38.9 Å². The number of nitrogens with zero attached hydrogens (tertiary/aromatic N) is 2. The lowest BCUT2D eigenvalue weighted by atomic mass is 10.1. The molecule has 3 rings (SSSR count). The number of carbonyl (C=O) groups is 2. The monoisotopic (exact) mass is 433 g/mol. The van der Waals surface area contributed by atoms with Gasteiger partial charge in [0.2, 0.25) is 15.9 Å². The van der Waals surface area contributed by atoms with Gasteiger partial charge in [0.1, 0.15) is 0 Å². The van der Waals surface area contributed by atoms with Crippen molar-refractivity contribution in [1.82, 2.24) is 9.21 Å². The molecule has 0 bridgehead atoms. The molecule has 0 saturated carbocycles. The van der Waals surface area contributed by atoms with Gasteiger partial charge in [0.05, 0.1) is 4.90 Å². The Balaban J connectivity index is 1.64. The second kappa shape index (κ2) is 8.48. The number of hydrogen-bond acceptors (Lipinski definition) is 5. The summed E-state index contributed by atoms with van der Waals surface area (Å²) in [5.41, 5.74) is 1.06. The van der Waals surface area contributed by atoms with Crippen molar-refractivity contribution in [3.05, 3.63) is 58.3 Å².